The van der Waals surface area contributed by atoms with E-state index in [1.165, 1.54) is 12.8 Å². The number of methoxy groups -OCH3 is 1. The summed E-state index contributed by atoms with van der Waals surface area (Å²) in [7, 11) is 3.55. The van der Waals surface area contributed by atoms with Crippen LogP contribution in [0.1, 0.15) is 58.5 Å². The number of ether oxygens (including phenoxy) is 2. The summed E-state index contributed by atoms with van der Waals surface area (Å²) in [5.74, 6) is 0.493. The lowest BCUT2D eigenvalue weighted by atomic mass is 10.0. The summed E-state index contributed by atoms with van der Waals surface area (Å²) in [6.07, 6.45) is 7.62. The number of hydrogen-bond donors (Lipinski definition) is 2. The SMILES string of the molecule is COc1cc2c(cc1OCCCC(=O)Nc1ccc(C(=O)Nc3ccc(-c4cc(C)n(C)c4)cc3)cc1)N=C[C@@H]1CCCCN1C2=O. The van der Waals surface area contributed by atoms with Gasteiger partial charge in [-0.05, 0) is 92.3 Å². The molecule has 0 bridgehead atoms. The van der Waals surface area contributed by atoms with Crippen molar-refractivity contribution in [1.82, 2.24) is 9.47 Å². The van der Waals surface area contributed by atoms with Crippen molar-refractivity contribution in [3.8, 4) is 22.6 Å². The first kappa shape index (κ1) is 31.6. The molecular formula is C37H39N5O5. The number of benzene rings is 3. The van der Waals surface area contributed by atoms with Crippen LogP contribution in [0.15, 0.2) is 77.9 Å². The smallest absolute Gasteiger partial charge is 0.256 e. The molecule has 6 rings (SSSR count). The second-order valence-electron chi connectivity index (χ2n) is 12.0. The lowest BCUT2D eigenvalue weighted by Gasteiger charge is -2.32. The number of amides is 3. The zero-order valence-corrected chi connectivity index (χ0v) is 26.9. The lowest BCUT2D eigenvalue weighted by Crippen LogP contribution is -2.43. The zero-order valence-electron chi connectivity index (χ0n) is 26.9. The second-order valence-corrected chi connectivity index (χ2v) is 12.0. The molecule has 0 unspecified atom stereocenters. The van der Waals surface area contributed by atoms with Crippen molar-refractivity contribution < 1.29 is 23.9 Å². The van der Waals surface area contributed by atoms with Gasteiger partial charge in [-0.2, -0.15) is 0 Å². The number of nitrogens with one attached hydrogen (secondary N) is 2. The molecule has 0 spiro atoms. The minimum absolute atomic E-state index is 0.0129. The molecule has 242 valence electrons. The first-order valence-corrected chi connectivity index (χ1v) is 15.9. The summed E-state index contributed by atoms with van der Waals surface area (Å²) in [5, 5.41) is 5.79. The van der Waals surface area contributed by atoms with Gasteiger partial charge in [0, 0.05) is 61.1 Å². The minimum atomic E-state index is -0.234. The molecule has 1 saturated heterocycles. The fourth-order valence-corrected chi connectivity index (χ4v) is 5.91. The zero-order chi connectivity index (χ0) is 32.9. The van der Waals surface area contributed by atoms with Crippen LogP contribution in [0.5, 0.6) is 11.5 Å². The normalized spacial score (nSPS) is 15.3. The maximum atomic E-state index is 13.2. The molecule has 1 atom stereocenters. The van der Waals surface area contributed by atoms with Gasteiger partial charge in [0.1, 0.15) is 0 Å². The first-order valence-electron chi connectivity index (χ1n) is 15.9. The van der Waals surface area contributed by atoms with Crippen LogP contribution in [0.2, 0.25) is 0 Å². The molecule has 0 aliphatic carbocycles. The number of fused-ring (bicyclic) bond motifs is 2. The molecule has 3 heterocycles. The average Bonchev–Trinajstić information content (AvgIpc) is 3.36. The van der Waals surface area contributed by atoms with Gasteiger partial charge in [0.25, 0.3) is 11.8 Å². The van der Waals surface area contributed by atoms with Crippen LogP contribution < -0.4 is 20.1 Å². The number of piperidine rings is 1. The van der Waals surface area contributed by atoms with Gasteiger partial charge in [-0.25, -0.2) is 0 Å². The van der Waals surface area contributed by atoms with Crippen LogP contribution in [-0.4, -0.2) is 59.7 Å². The highest BCUT2D eigenvalue weighted by molar-refractivity contribution is 6.05. The molecular weight excluding hydrogens is 594 g/mol. The van der Waals surface area contributed by atoms with Gasteiger partial charge in [0.15, 0.2) is 11.5 Å². The molecule has 2 aliphatic rings. The van der Waals surface area contributed by atoms with Crippen molar-refractivity contribution in [1.29, 1.82) is 0 Å². The van der Waals surface area contributed by atoms with E-state index in [1.54, 1.807) is 36.4 Å². The molecule has 0 saturated carbocycles. The molecule has 0 radical (unpaired) electrons. The van der Waals surface area contributed by atoms with Crippen LogP contribution in [0, 0.1) is 6.92 Å². The highest BCUT2D eigenvalue weighted by Crippen LogP contribution is 2.38. The van der Waals surface area contributed by atoms with E-state index in [-0.39, 0.29) is 36.8 Å². The Bertz CT molecular complexity index is 1790. The van der Waals surface area contributed by atoms with Crippen molar-refractivity contribution in [3.63, 3.8) is 0 Å². The van der Waals surface area contributed by atoms with Gasteiger partial charge in [-0.1, -0.05) is 12.1 Å². The Morgan fingerprint density at radius 3 is 2.40 bits per heavy atom. The van der Waals surface area contributed by atoms with E-state index >= 15 is 0 Å². The van der Waals surface area contributed by atoms with Crippen LogP contribution >= 0.6 is 0 Å². The fraction of sp³-hybridized carbons (Fsp3) is 0.297. The molecule has 1 fully saturated rings. The maximum Gasteiger partial charge on any atom is 0.256 e. The number of carbonyl (C=O) groups excluding carboxylic acids is 3. The van der Waals surface area contributed by atoms with Gasteiger partial charge in [0.2, 0.25) is 5.91 Å². The van der Waals surface area contributed by atoms with Gasteiger partial charge >= 0.3 is 0 Å². The number of aliphatic imine (C=N–C) groups is 1. The third-order valence-corrected chi connectivity index (χ3v) is 8.67. The molecule has 47 heavy (non-hydrogen) atoms. The Morgan fingerprint density at radius 2 is 1.68 bits per heavy atom. The number of carbonyl (C=O) groups is 3. The van der Waals surface area contributed by atoms with E-state index in [0.29, 0.717) is 46.1 Å². The maximum absolute atomic E-state index is 13.2. The molecule has 1 aromatic heterocycles. The minimum Gasteiger partial charge on any atom is -0.493 e. The predicted octanol–water partition coefficient (Wildman–Crippen LogP) is 6.77. The highest BCUT2D eigenvalue weighted by atomic mass is 16.5. The lowest BCUT2D eigenvalue weighted by molar-refractivity contribution is -0.116. The Morgan fingerprint density at radius 1 is 0.936 bits per heavy atom. The van der Waals surface area contributed by atoms with Crippen LogP contribution in [-0.2, 0) is 11.8 Å². The first-order chi connectivity index (χ1) is 22.8. The monoisotopic (exact) mass is 633 g/mol. The number of hydrogen-bond acceptors (Lipinski definition) is 6. The van der Waals surface area contributed by atoms with Crippen molar-refractivity contribution in [2.24, 2.45) is 12.0 Å². The summed E-state index contributed by atoms with van der Waals surface area (Å²) < 4.78 is 13.6. The number of aryl methyl sites for hydroxylation is 2. The van der Waals surface area contributed by atoms with E-state index in [0.717, 1.165) is 36.9 Å². The van der Waals surface area contributed by atoms with E-state index in [2.05, 4.69) is 39.4 Å². The van der Waals surface area contributed by atoms with Gasteiger partial charge < -0.3 is 29.6 Å². The highest BCUT2D eigenvalue weighted by Gasteiger charge is 2.31. The van der Waals surface area contributed by atoms with E-state index in [1.807, 2.05) is 42.4 Å². The van der Waals surface area contributed by atoms with Gasteiger partial charge in [-0.15, -0.1) is 0 Å². The number of anilines is 2. The third kappa shape index (κ3) is 7.22. The Hall–Kier alpha value is -5.38. The molecule has 2 aliphatic heterocycles. The van der Waals surface area contributed by atoms with E-state index in [9.17, 15) is 14.4 Å². The summed E-state index contributed by atoms with van der Waals surface area (Å²) in [6.45, 7) is 3.06. The summed E-state index contributed by atoms with van der Waals surface area (Å²) >= 11 is 0. The Balaban J connectivity index is 0.976. The molecule has 2 N–H and O–H groups in total. The second kappa shape index (κ2) is 13.9. The Labute approximate surface area is 274 Å². The van der Waals surface area contributed by atoms with E-state index in [4.69, 9.17) is 9.47 Å². The topological polar surface area (TPSA) is 114 Å². The summed E-state index contributed by atoms with van der Waals surface area (Å²) in [5.41, 5.74) is 6.23. The molecule has 4 aromatic rings. The summed E-state index contributed by atoms with van der Waals surface area (Å²) in [6, 6.07) is 20.1. The van der Waals surface area contributed by atoms with Crippen LogP contribution in [0.3, 0.4) is 0 Å². The average molecular weight is 634 g/mol. The number of rotatable bonds is 10. The van der Waals surface area contributed by atoms with Crippen molar-refractivity contribution >= 4 is 41.0 Å². The van der Waals surface area contributed by atoms with Crippen molar-refractivity contribution in [3.05, 3.63) is 89.7 Å². The van der Waals surface area contributed by atoms with Gasteiger partial charge in [0.05, 0.1) is 31.0 Å². The molecule has 3 aromatic carbocycles. The standard InChI is InChI=1S/C37H39N5O5/c1-24-19-27(23-41(24)2)25-9-13-29(14-10-25)40-36(44)26-11-15-28(16-12-26)39-35(43)8-6-18-47-34-21-32-31(20-33(34)46-3)37(45)42-17-5-4-7-30(42)22-38-32/h9-16,19-23,30H,4-8,17-18H2,1-3H3,(H,39,43)(H,40,44)/t30-/m0/s1. The van der Waals surface area contributed by atoms with E-state index < -0.39 is 0 Å². The Kier molecular flexibility index (Phi) is 9.37. The predicted molar refractivity (Wildman–Crippen MR) is 183 cm³/mol. The number of aromatic nitrogens is 1. The van der Waals surface area contributed by atoms with Crippen LogP contribution in [0.4, 0.5) is 17.1 Å². The summed E-state index contributed by atoms with van der Waals surface area (Å²) in [4.78, 5) is 45.1. The van der Waals surface area contributed by atoms with Crippen molar-refractivity contribution in [2.75, 3.05) is 30.9 Å². The fourth-order valence-electron chi connectivity index (χ4n) is 5.91. The van der Waals surface area contributed by atoms with Crippen LogP contribution in [0.25, 0.3) is 11.1 Å². The third-order valence-electron chi connectivity index (χ3n) is 8.67. The molecule has 10 heteroatoms. The van der Waals surface area contributed by atoms with Crippen molar-refractivity contribution in [2.45, 2.75) is 45.1 Å². The van der Waals surface area contributed by atoms with Gasteiger partial charge in [-0.3, -0.25) is 19.4 Å². The molecule has 10 nitrogen and oxygen atoms in total. The molecule has 3 amide bonds. The largest absolute Gasteiger partial charge is 0.493 e. The number of nitrogens with zero attached hydrogens (tertiary/aromatic N) is 3. The quantitative estimate of drug-likeness (QED) is 0.187.